The highest BCUT2D eigenvalue weighted by atomic mass is 19.4. The van der Waals surface area contributed by atoms with Gasteiger partial charge in [-0.3, -0.25) is 4.98 Å². The Labute approximate surface area is 183 Å². The van der Waals surface area contributed by atoms with Crippen LogP contribution in [0.5, 0.6) is 5.75 Å². The quantitative estimate of drug-likeness (QED) is 0.533. The van der Waals surface area contributed by atoms with E-state index in [1.165, 1.54) is 12.1 Å². The van der Waals surface area contributed by atoms with Gasteiger partial charge in [0.25, 0.3) is 0 Å². The Morgan fingerprint density at radius 1 is 1.21 bits per heavy atom. The minimum atomic E-state index is -5.08. The highest BCUT2D eigenvalue weighted by molar-refractivity contribution is 5.92. The molecule has 2 aromatic heterocycles. The molecule has 0 fully saturated rings. The number of carboxylic acids is 1. The van der Waals surface area contributed by atoms with Crippen LogP contribution in [0.3, 0.4) is 0 Å². The number of pyridine rings is 1. The number of hydrogen-bond acceptors (Lipinski definition) is 5. The molecule has 7 nitrogen and oxygen atoms in total. The maximum absolute atomic E-state index is 12.5. The topological polar surface area (TPSA) is 89.3 Å². The highest BCUT2D eigenvalue weighted by Crippen LogP contribution is 2.31. The number of fused-ring (bicyclic) bond motifs is 2. The summed E-state index contributed by atoms with van der Waals surface area (Å²) in [7, 11) is 0. The lowest BCUT2D eigenvalue weighted by Gasteiger charge is -2.26. The summed E-state index contributed by atoms with van der Waals surface area (Å²) in [5, 5.41) is 11.2. The number of aromatic nitrogens is 3. The van der Waals surface area contributed by atoms with Crippen LogP contribution in [0.25, 0.3) is 10.9 Å². The number of halogens is 6. The number of carboxylic acid groups (broad SMARTS) is 1. The van der Waals surface area contributed by atoms with E-state index in [2.05, 4.69) is 24.6 Å². The second kappa shape index (κ2) is 9.16. The number of nitrogens with one attached hydrogen (secondary N) is 1. The van der Waals surface area contributed by atoms with E-state index in [9.17, 15) is 26.3 Å². The van der Waals surface area contributed by atoms with Gasteiger partial charge in [0.2, 0.25) is 0 Å². The van der Waals surface area contributed by atoms with Crippen molar-refractivity contribution >= 4 is 22.6 Å². The predicted octanol–water partition coefficient (Wildman–Crippen LogP) is 4.70. The molecule has 0 saturated heterocycles. The van der Waals surface area contributed by atoms with Crippen molar-refractivity contribution in [3.8, 4) is 5.75 Å². The Bertz CT molecular complexity index is 1140. The van der Waals surface area contributed by atoms with Gasteiger partial charge in [-0.2, -0.15) is 13.2 Å². The van der Waals surface area contributed by atoms with Gasteiger partial charge in [0.15, 0.2) is 0 Å². The van der Waals surface area contributed by atoms with Gasteiger partial charge in [0.1, 0.15) is 11.6 Å². The molecule has 0 bridgehead atoms. The van der Waals surface area contributed by atoms with Crippen molar-refractivity contribution in [1.29, 1.82) is 0 Å². The molecule has 1 atom stereocenters. The number of nitrogens with zero attached hydrogens (tertiary/aromatic N) is 3. The summed E-state index contributed by atoms with van der Waals surface area (Å²) in [4.78, 5) is 17.6. The highest BCUT2D eigenvalue weighted by Gasteiger charge is 2.38. The lowest BCUT2D eigenvalue weighted by molar-refractivity contribution is -0.274. The third-order valence-electron chi connectivity index (χ3n) is 4.69. The van der Waals surface area contributed by atoms with Gasteiger partial charge in [-0.1, -0.05) is 0 Å². The molecule has 4 rings (SSSR count). The van der Waals surface area contributed by atoms with E-state index in [4.69, 9.17) is 9.90 Å². The largest absolute Gasteiger partial charge is 0.573 e. The lowest BCUT2D eigenvalue weighted by atomic mass is 10.0. The number of rotatable bonds is 3. The number of benzene rings is 1. The maximum Gasteiger partial charge on any atom is 0.573 e. The fourth-order valence-corrected chi connectivity index (χ4v) is 3.35. The zero-order valence-corrected chi connectivity index (χ0v) is 17.0. The van der Waals surface area contributed by atoms with Crippen molar-refractivity contribution in [3.63, 3.8) is 0 Å². The molecule has 13 heteroatoms. The Hall–Kier alpha value is -3.51. The molecule has 0 radical (unpaired) electrons. The summed E-state index contributed by atoms with van der Waals surface area (Å²) < 4.78 is 75.5. The predicted molar refractivity (Wildman–Crippen MR) is 105 cm³/mol. The van der Waals surface area contributed by atoms with Gasteiger partial charge in [-0.15, -0.1) is 13.2 Å². The molecular formula is C20H18F6N4O3. The van der Waals surface area contributed by atoms with Gasteiger partial charge in [-0.25, -0.2) is 9.78 Å². The Morgan fingerprint density at radius 2 is 1.91 bits per heavy atom. The fraction of sp³-hybridized carbons (Fsp3) is 0.350. The van der Waals surface area contributed by atoms with Crippen LogP contribution >= 0.6 is 0 Å². The third-order valence-corrected chi connectivity index (χ3v) is 4.69. The molecule has 3 heterocycles. The first-order chi connectivity index (χ1) is 15.3. The number of ether oxygens (including phenoxy) is 1. The molecule has 178 valence electrons. The zero-order chi connectivity index (χ0) is 24.4. The Balaban J connectivity index is 0.000000383. The summed E-state index contributed by atoms with van der Waals surface area (Å²) in [5.74, 6) is -2.00. The average Bonchev–Trinajstić information content (AvgIpc) is 3.15. The van der Waals surface area contributed by atoms with Gasteiger partial charge >= 0.3 is 18.5 Å². The summed E-state index contributed by atoms with van der Waals surface area (Å²) in [6, 6.07) is 6.20. The van der Waals surface area contributed by atoms with Crippen LogP contribution in [-0.4, -0.2) is 44.2 Å². The zero-order valence-electron chi connectivity index (χ0n) is 17.0. The number of anilines is 1. The first-order valence-corrected chi connectivity index (χ1v) is 9.55. The van der Waals surface area contributed by atoms with Crippen LogP contribution in [0, 0.1) is 6.92 Å². The second-order valence-electron chi connectivity index (χ2n) is 7.21. The van der Waals surface area contributed by atoms with Gasteiger partial charge in [0, 0.05) is 48.2 Å². The third kappa shape index (κ3) is 6.49. The van der Waals surface area contributed by atoms with Crippen molar-refractivity contribution in [2.45, 2.75) is 44.9 Å². The van der Waals surface area contributed by atoms with Crippen molar-refractivity contribution in [3.05, 3.63) is 48.2 Å². The summed E-state index contributed by atoms with van der Waals surface area (Å²) in [5.41, 5.74) is 2.17. The molecule has 1 aromatic carbocycles. The number of imidazole rings is 1. The summed E-state index contributed by atoms with van der Waals surface area (Å²) >= 11 is 0. The molecule has 1 aliphatic rings. The number of alkyl halides is 6. The van der Waals surface area contributed by atoms with Gasteiger partial charge in [0.05, 0.1) is 5.52 Å². The average molecular weight is 476 g/mol. The molecule has 0 saturated carbocycles. The van der Waals surface area contributed by atoms with Crippen molar-refractivity contribution in [2.75, 3.05) is 5.32 Å². The monoisotopic (exact) mass is 476 g/mol. The number of hydrogen-bond donors (Lipinski definition) is 2. The molecule has 1 unspecified atom stereocenters. The van der Waals surface area contributed by atoms with E-state index in [1.807, 2.05) is 19.2 Å². The Kier molecular flexibility index (Phi) is 6.70. The minimum Gasteiger partial charge on any atom is -0.475 e. The SMILES string of the molecule is Cc1cc(NC2CCn3ccnc3C2)c2cc(OC(F)(F)F)ccc2n1.O=C(O)C(F)(F)F. The van der Waals surface area contributed by atoms with E-state index in [0.717, 1.165) is 36.6 Å². The number of aliphatic carboxylic acids is 1. The van der Waals surface area contributed by atoms with E-state index in [-0.39, 0.29) is 11.8 Å². The fourth-order valence-electron chi connectivity index (χ4n) is 3.35. The van der Waals surface area contributed by atoms with Crippen LogP contribution in [-0.2, 0) is 17.8 Å². The van der Waals surface area contributed by atoms with Crippen LogP contribution in [0.1, 0.15) is 17.9 Å². The molecular weight excluding hydrogens is 458 g/mol. The summed E-state index contributed by atoms with van der Waals surface area (Å²) in [6.07, 6.45) is -4.40. The van der Waals surface area contributed by atoms with Crippen LogP contribution in [0.2, 0.25) is 0 Å². The Morgan fingerprint density at radius 3 is 2.55 bits per heavy atom. The minimum absolute atomic E-state index is 0.155. The molecule has 3 aromatic rings. The van der Waals surface area contributed by atoms with Gasteiger partial charge < -0.3 is 19.7 Å². The molecule has 0 amide bonds. The lowest BCUT2D eigenvalue weighted by Crippen LogP contribution is -2.30. The normalized spacial score (nSPS) is 15.9. The van der Waals surface area contributed by atoms with Crippen molar-refractivity contribution in [2.24, 2.45) is 0 Å². The number of aryl methyl sites for hydroxylation is 2. The van der Waals surface area contributed by atoms with Gasteiger partial charge in [-0.05, 0) is 37.6 Å². The second-order valence-corrected chi connectivity index (χ2v) is 7.21. The first-order valence-electron chi connectivity index (χ1n) is 9.55. The van der Waals surface area contributed by atoms with Crippen LogP contribution in [0.4, 0.5) is 32.0 Å². The smallest absolute Gasteiger partial charge is 0.475 e. The van der Waals surface area contributed by atoms with E-state index in [1.54, 1.807) is 12.3 Å². The number of carbonyl (C=O) groups is 1. The van der Waals surface area contributed by atoms with E-state index >= 15 is 0 Å². The molecule has 33 heavy (non-hydrogen) atoms. The van der Waals surface area contributed by atoms with E-state index in [0.29, 0.717) is 10.9 Å². The molecule has 0 aliphatic carbocycles. The van der Waals surface area contributed by atoms with Crippen molar-refractivity contribution in [1.82, 2.24) is 14.5 Å². The summed E-state index contributed by atoms with van der Waals surface area (Å²) in [6.45, 7) is 2.72. The van der Waals surface area contributed by atoms with Crippen LogP contribution in [0.15, 0.2) is 36.7 Å². The molecule has 2 N–H and O–H groups in total. The maximum atomic E-state index is 12.5. The molecule has 1 aliphatic heterocycles. The standard InChI is InChI=1S/C18H17F3N4O.C2HF3O2/c1-11-8-16(24-12-4-6-25-7-5-22-17(25)9-12)14-10-13(26-18(19,20)21)2-3-15(14)23-11;3-2(4,5)1(6)7/h2-3,5,7-8,10,12H,4,6,9H2,1H3,(H,23,24);(H,6,7). The first kappa shape index (κ1) is 24.1. The van der Waals surface area contributed by atoms with Crippen molar-refractivity contribution < 1.29 is 41.0 Å². The van der Waals surface area contributed by atoms with Crippen LogP contribution < -0.4 is 10.1 Å². The van der Waals surface area contributed by atoms with E-state index < -0.39 is 18.5 Å². The molecule has 0 spiro atoms.